The minimum absolute atomic E-state index is 0.0502. The second kappa shape index (κ2) is 15.4. The van der Waals surface area contributed by atoms with Crippen LogP contribution in [0.3, 0.4) is 0 Å². The Hall–Kier alpha value is -1.91. The lowest BCUT2D eigenvalue weighted by molar-refractivity contribution is 0.175. The first-order valence-electron chi connectivity index (χ1n) is 17.5. The highest BCUT2D eigenvalue weighted by Gasteiger charge is 2.34. The van der Waals surface area contributed by atoms with E-state index in [1.165, 1.54) is 57.8 Å². The summed E-state index contributed by atoms with van der Waals surface area (Å²) in [6, 6.07) is 5.58. The number of halogens is 5. The quantitative estimate of drug-likeness (QED) is 0.136. The van der Waals surface area contributed by atoms with Crippen LogP contribution in [0.15, 0.2) is 24.3 Å². The van der Waals surface area contributed by atoms with Gasteiger partial charge in [0.05, 0.1) is 0 Å². The van der Waals surface area contributed by atoms with E-state index in [9.17, 15) is 13.2 Å². The first-order valence-corrected chi connectivity index (χ1v) is 17.5. The predicted molar refractivity (Wildman–Crippen MR) is 165 cm³/mol. The molecule has 0 heterocycles. The van der Waals surface area contributed by atoms with Gasteiger partial charge in [0.1, 0.15) is 11.6 Å². The molecule has 5 rings (SSSR count). The fourth-order valence-corrected chi connectivity index (χ4v) is 8.84. The van der Waals surface area contributed by atoms with Crippen molar-refractivity contribution in [3.8, 4) is 0 Å². The first-order chi connectivity index (χ1) is 20.8. The zero-order chi connectivity index (χ0) is 30.3. The topological polar surface area (TPSA) is 0 Å². The molecule has 3 aliphatic rings. The monoisotopic (exact) mass is 602 g/mol. The van der Waals surface area contributed by atoms with Crippen molar-refractivity contribution in [3.63, 3.8) is 0 Å². The molecule has 238 valence electrons. The van der Waals surface area contributed by atoms with Gasteiger partial charge in [-0.05, 0) is 148 Å². The van der Waals surface area contributed by atoms with Crippen molar-refractivity contribution in [3.05, 3.63) is 70.0 Å². The average molecular weight is 603 g/mol. The van der Waals surface area contributed by atoms with E-state index in [-0.39, 0.29) is 29.4 Å². The van der Waals surface area contributed by atoms with Crippen molar-refractivity contribution in [1.82, 2.24) is 0 Å². The molecule has 2 aromatic carbocycles. The molecule has 0 aliphatic heterocycles. The van der Waals surface area contributed by atoms with Gasteiger partial charge in [-0.15, -0.1) is 0 Å². The molecule has 0 bridgehead atoms. The third kappa shape index (κ3) is 8.23. The summed E-state index contributed by atoms with van der Waals surface area (Å²) < 4.78 is 71.7. The standard InChI is InChI=1S/C38H51F5/c1-2-3-4-5-6-7-8-25-9-11-28(12-10-25)31-21-33(39)37(34(40)22-31)30-19-17-27(18-20-30)26-13-15-29(16-14-26)32-23-35(41)38(43)36(42)24-32/h21-30H,2-20H2,1H3. The zero-order valence-corrected chi connectivity index (χ0v) is 26.1. The summed E-state index contributed by atoms with van der Waals surface area (Å²) in [5.41, 5.74) is 1.69. The first kappa shape index (κ1) is 32.5. The van der Waals surface area contributed by atoms with E-state index in [2.05, 4.69) is 6.92 Å². The van der Waals surface area contributed by atoms with Crippen LogP contribution in [0.4, 0.5) is 22.0 Å². The smallest absolute Gasteiger partial charge is 0.194 e. The third-order valence-corrected chi connectivity index (χ3v) is 11.5. The molecule has 3 aliphatic carbocycles. The molecule has 3 saturated carbocycles. The summed E-state index contributed by atoms with van der Waals surface area (Å²) in [7, 11) is 0. The van der Waals surface area contributed by atoms with Crippen molar-refractivity contribution in [2.24, 2.45) is 17.8 Å². The van der Waals surface area contributed by atoms with Gasteiger partial charge in [0.2, 0.25) is 0 Å². The summed E-state index contributed by atoms with van der Waals surface area (Å²) in [5, 5.41) is 0. The summed E-state index contributed by atoms with van der Waals surface area (Å²) in [5.74, 6) is -2.27. The van der Waals surface area contributed by atoms with Crippen LogP contribution in [0.1, 0.15) is 163 Å². The van der Waals surface area contributed by atoms with Gasteiger partial charge in [-0.3, -0.25) is 0 Å². The SMILES string of the molecule is CCCCCCCCC1CCC(c2cc(F)c(C3CCC(C4CCC(c5cc(F)c(F)c(F)c5)CC4)CC3)c(F)c2)CC1. The molecular formula is C38H51F5. The van der Waals surface area contributed by atoms with Crippen LogP contribution < -0.4 is 0 Å². The Balaban J connectivity index is 1.07. The Labute approximate surface area is 256 Å². The van der Waals surface area contributed by atoms with Crippen LogP contribution >= 0.6 is 0 Å². The molecule has 0 N–H and O–H groups in total. The van der Waals surface area contributed by atoms with E-state index in [0.29, 0.717) is 23.0 Å². The van der Waals surface area contributed by atoms with Gasteiger partial charge in [0.15, 0.2) is 17.5 Å². The lowest BCUT2D eigenvalue weighted by Crippen LogP contribution is -2.25. The molecule has 0 nitrogen and oxygen atoms in total. The van der Waals surface area contributed by atoms with E-state index in [1.54, 1.807) is 12.1 Å². The van der Waals surface area contributed by atoms with E-state index >= 15 is 8.78 Å². The maximum absolute atomic E-state index is 15.4. The minimum Gasteiger partial charge on any atom is -0.207 e. The maximum atomic E-state index is 15.4. The van der Waals surface area contributed by atoms with Crippen LogP contribution in [0.5, 0.6) is 0 Å². The van der Waals surface area contributed by atoms with E-state index in [0.717, 1.165) is 87.8 Å². The Bertz CT molecular complexity index is 1120. The summed E-state index contributed by atoms with van der Waals surface area (Å²) in [4.78, 5) is 0. The molecule has 0 unspecified atom stereocenters. The number of hydrogen-bond donors (Lipinski definition) is 0. The van der Waals surface area contributed by atoms with Gasteiger partial charge >= 0.3 is 0 Å². The highest BCUT2D eigenvalue weighted by atomic mass is 19.2. The van der Waals surface area contributed by atoms with E-state index in [4.69, 9.17) is 0 Å². The minimum atomic E-state index is -1.40. The summed E-state index contributed by atoms with van der Waals surface area (Å²) in [6.07, 6.45) is 20.9. The Kier molecular flexibility index (Phi) is 11.6. The molecule has 0 atom stereocenters. The van der Waals surface area contributed by atoms with Crippen LogP contribution in [-0.2, 0) is 0 Å². The maximum Gasteiger partial charge on any atom is 0.194 e. The highest BCUT2D eigenvalue weighted by molar-refractivity contribution is 5.32. The largest absolute Gasteiger partial charge is 0.207 e. The molecule has 2 aromatic rings. The summed E-state index contributed by atoms with van der Waals surface area (Å²) in [6.45, 7) is 2.25. The van der Waals surface area contributed by atoms with Gasteiger partial charge < -0.3 is 0 Å². The van der Waals surface area contributed by atoms with Gasteiger partial charge in [-0.2, -0.15) is 0 Å². The van der Waals surface area contributed by atoms with Crippen molar-refractivity contribution < 1.29 is 22.0 Å². The number of unbranched alkanes of at least 4 members (excludes halogenated alkanes) is 5. The predicted octanol–water partition coefficient (Wildman–Crippen LogP) is 12.7. The van der Waals surface area contributed by atoms with Gasteiger partial charge in [0.25, 0.3) is 0 Å². The molecule has 0 radical (unpaired) electrons. The lowest BCUT2D eigenvalue weighted by atomic mass is 9.67. The fourth-order valence-electron chi connectivity index (χ4n) is 8.84. The second-order valence-electron chi connectivity index (χ2n) is 14.2. The van der Waals surface area contributed by atoms with Gasteiger partial charge in [-0.1, -0.05) is 51.9 Å². The van der Waals surface area contributed by atoms with Crippen LogP contribution in [0.25, 0.3) is 0 Å². The average Bonchev–Trinajstić information content (AvgIpc) is 3.02. The second-order valence-corrected chi connectivity index (χ2v) is 14.2. The highest BCUT2D eigenvalue weighted by Crippen LogP contribution is 2.47. The van der Waals surface area contributed by atoms with Crippen LogP contribution in [0.2, 0.25) is 0 Å². The van der Waals surface area contributed by atoms with Crippen LogP contribution in [0, 0.1) is 46.8 Å². The number of rotatable bonds is 11. The molecule has 0 amide bonds. The Morgan fingerprint density at radius 2 is 0.907 bits per heavy atom. The van der Waals surface area contributed by atoms with Gasteiger partial charge in [-0.25, -0.2) is 22.0 Å². The van der Waals surface area contributed by atoms with Crippen molar-refractivity contribution in [2.45, 2.75) is 147 Å². The van der Waals surface area contributed by atoms with E-state index < -0.39 is 17.5 Å². The van der Waals surface area contributed by atoms with Crippen molar-refractivity contribution >= 4 is 0 Å². The third-order valence-electron chi connectivity index (χ3n) is 11.5. The van der Waals surface area contributed by atoms with Crippen LogP contribution in [-0.4, -0.2) is 0 Å². The molecule has 43 heavy (non-hydrogen) atoms. The number of benzene rings is 2. The Morgan fingerprint density at radius 3 is 1.42 bits per heavy atom. The molecular weight excluding hydrogens is 551 g/mol. The molecule has 0 aromatic heterocycles. The zero-order valence-electron chi connectivity index (χ0n) is 26.1. The molecule has 3 fully saturated rings. The van der Waals surface area contributed by atoms with Crippen molar-refractivity contribution in [2.75, 3.05) is 0 Å². The number of hydrogen-bond acceptors (Lipinski definition) is 0. The van der Waals surface area contributed by atoms with Gasteiger partial charge in [0, 0.05) is 5.56 Å². The molecule has 0 saturated heterocycles. The summed E-state index contributed by atoms with van der Waals surface area (Å²) >= 11 is 0. The van der Waals surface area contributed by atoms with E-state index in [1.807, 2.05) is 0 Å². The lowest BCUT2D eigenvalue weighted by Gasteiger charge is -2.38. The normalized spacial score (nSPS) is 28.2. The fraction of sp³-hybridized carbons (Fsp3) is 0.684. The van der Waals surface area contributed by atoms with Crippen molar-refractivity contribution in [1.29, 1.82) is 0 Å². The molecule has 5 heteroatoms. The molecule has 0 spiro atoms. The Morgan fingerprint density at radius 1 is 0.488 bits per heavy atom.